The molecule has 112 valence electrons. The Kier molecular flexibility index (Phi) is 3.86. The van der Waals surface area contributed by atoms with Crippen molar-refractivity contribution in [3.63, 3.8) is 0 Å². The van der Waals surface area contributed by atoms with E-state index in [2.05, 4.69) is 27.4 Å². The number of aromatic nitrogens is 3. The quantitative estimate of drug-likeness (QED) is 0.871. The lowest BCUT2D eigenvalue weighted by atomic mass is 10.0. The lowest BCUT2D eigenvalue weighted by Gasteiger charge is -2.15. The fourth-order valence-corrected chi connectivity index (χ4v) is 4.63. The number of ether oxygens (including phenoxy) is 1. The molecular weight excluding hydrogens is 282 g/mol. The highest BCUT2D eigenvalue weighted by Gasteiger charge is 2.23. The first-order chi connectivity index (χ1) is 10.4. The molecule has 5 heteroatoms. The number of pyridine rings is 1. The van der Waals surface area contributed by atoms with Gasteiger partial charge in [-0.25, -0.2) is 9.97 Å². The molecule has 2 atom stereocenters. The van der Waals surface area contributed by atoms with E-state index in [9.17, 15) is 0 Å². The molecule has 0 amide bonds. The molecule has 2 aliphatic rings. The van der Waals surface area contributed by atoms with Crippen LogP contribution in [0.5, 0.6) is 0 Å². The summed E-state index contributed by atoms with van der Waals surface area (Å²) in [6.07, 6.45) is 6.94. The van der Waals surface area contributed by atoms with Crippen molar-refractivity contribution in [1.29, 1.82) is 0 Å². The number of imidazole rings is 1. The van der Waals surface area contributed by atoms with Gasteiger partial charge in [0.05, 0.1) is 12.6 Å². The number of thioether (sulfide) groups is 1. The van der Waals surface area contributed by atoms with Crippen molar-refractivity contribution in [2.75, 3.05) is 18.1 Å². The number of fused-ring (bicyclic) bond motifs is 1. The molecule has 4 nitrogen and oxygen atoms in total. The molecular formula is C16H21N3OS. The molecule has 2 aliphatic heterocycles. The number of nitrogens with zero attached hydrogens (tertiary/aromatic N) is 3. The van der Waals surface area contributed by atoms with Gasteiger partial charge in [0.25, 0.3) is 0 Å². The Morgan fingerprint density at radius 1 is 1.38 bits per heavy atom. The molecule has 21 heavy (non-hydrogen) atoms. The van der Waals surface area contributed by atoms with E-state index in [1.807, 2.05) is 12.3 Å². The molecule has 0 aliphatic carbocycles. The summed E-state index contributed by atoms with van der Waals surface area (Å²) in [5.41, 5.74) is 2.05. The van der Waals surface area contributed by atoms with Crippen molar-refractivity contribution in [2.45, 2.75) is 38.3 Å². The van der Waals surface area contributed by atoms with Crippen LogP contribution in [0, 0.1) is 5.92 Å². The summed E-state index contributed by atoms with van der Waals surface area (Å²) in [6.45, 7) is 1.81. The van der Waals surface area contributed by atoms with Crippen LogP contribution in [-0.2, 0) is 17.7 Å². The van der Waals surface area contributed by atoms with Crippen LogP contribution >= 0.6 is 11.8 Å². The Bertz CT molecular complexity index is 615. The predicted molar refractivity (Wildman–Crippen MR) is 85.6 cm³/mol. The fourth-order valence-electron chi connectivity index (χ4n) is 3.35. The molecule has 0 aromatic carbocycles. The first-order valence-corrected chi connectivity index (χ1v) is 9.05. The highest BCUT2D eigenvalue weighted by molar-refractivity contribution is 7.99. The van der Waals surface area contributed by atoms with Crippen molar-refractivity contribution in [3.8, 4) is 0 Å². The van der Waals surface area contributed by atoms with Gasteiger partial charge < -0.3 is 9.30 Å². The van der Waals surface area contributed by atoms with Gasteiger partial charge in [-0.1, -0.05) is 0 Å². The van der Waals surface area contributed by atoms with Gasteiger partial charge in [-0.15, -0.1) is 0 Å². The maximum atomic E-state index is 5.82. The minimum absolute atomic E-state index is 0.334. The van der Waals surface area contributed by atoms with E-state index in [0.717, 1.165) is 43.1 Å². The van der Waals surface area contributed by atoms with Crippen molar-refractivity contribution >= 4 is 22.9 Å². The van der Waals surface area contributed by atoms with E-state index < -0.39 is 0 Å². The van der Waals surface area contributed by atoms with Gasteiger partial charge in [0.15, 0.2) is 5.65 Å². The molecule has 2 aromatic rings. The highest BCUT2D eigenvalue weighted by atomic mass is 32.2. The summed E-state index contributed by atoms with van der Waals surface area (Å²) in [5.74, 6) is 4.55. The van der Waals surface area contributed by atoms with Crippen LogP contribution in [0.1, 0.15) is 25.1 Å². The maximum Gasteiger partial charge on any atom is 0.160 e. The number of hydrogen-bond donors (Lipinski definition) is 0. The third kappa shape index (κ3) is 2.81. The maximum absolute atomic E-state index is 5.82. The smallest absolute Gasteiger partial charge is 0.160 e. The summed E-state index contributed by atoms with van der Waals surface area (Å²) >= 11 is 2.07. The van der Waals surface area contributed by atoms with E-state index >= 15 is 0 Å². The van der Waals surface area contributed by atoms with Gasteiger partial charge in [0, 0.05) is 19.2 Å². The van der Waals surface area contributed by atoms with Crippen LogP contribution in [0.25, 0.3) is 11.2 Å². The monoisotopic (exact) mass is 303 g/mol. The lowest BCUT2D eigenvalue weighted by molar-refractivity contribution is 0.0969. The third-order valence-corrected chi connectivity index (χ3v) is 5.72. The SMILES string of the molecule is c1cnc2c(c1)nc(CC1CCSC1)n2CC1CCCO1. The molecule has 2 fully saturated rings. The Morgan fingerprint density at radius 3 is 3.19 bits per heavy atom. The normalized spacial score (nSPS) is 25.9. The van der Waals surface area contributed by atoms with Gasteiger partial charge in [-0.3, -0.25) is 0 Å². The zero-order valence-corrected chi connectivity index (χ0v) is 13.0. The second-order valence-electron chi connectivity index (χ2n) is 6.05. The standard InChI is InChI=1S/C16H21N3OS/c1-4-14-16(17-6-1)19(10-13-3-2-7-20-13)15(18-14)9-12-5-8-21-11-12/h1,4,6,12-13H,2-3,5,7-11H2. The van der Waals surface area contributed by atoms with E-state index in [4.69, 9.17) is 9.72 Å². The first kappa shape index (κ1) is 13.6. The Hall–Kier alpha value is -1.07. The Morgan fingerprint density at radius 2 is 2.38 bits per heavy atom. The Balaban J connectivity index is 1.65. The Labute approximate surface area is 129 Å². The first-order valence-electron chi connectivity index (χ1n) is 7.89. The highest BCUT2D eigenvalue weighted by Crippen LogP contribution is 2.28. The second kappa shape index (κ2) is 5.97. The molecule has 0 saturated carbocycles. The van der Waals surface area contributed by atoms with Gasteiger partial charge in [0.1, 0.15) is 11.3 Å². The average Bonchev–Trinajstić information content (AvgIpc) is 3.23. The van der Waals surface area contributed by atoms with Crippen molar-refractivity contribution in [3.05, 3.63) is 24.2 Å². The second-order valence-corrected chi connectivity index (χ2v) is 7.20. The van der Waals surface area contributed by atoms with Crippen LogP contribution in [0.4, 0.5) is 0 Å². The molecule has 2 aromatic heterocycles. The van der Waals surface area contributed by atoms with Crippen molar-refractivity contribution in [2.24, 2.45) is 5.92 Å². The molecule has 0 bridgehead atoms. The summed E-state index contributed by atoms with van der Waals surface area (Å²) in [6, 6.07) is 4.04. The van der Waals surface area contributed by atoms with Crippen LogP contribution in [0.2, 0.25) is 0 Å². The van der Waals surface area contributed by atoms with Crippen LogP contribution < -0.4 is 0 Å². The molecule has 0 N–H and O–H groups in total. The largest absolute Gasteiger partial charge is 0.376 e. The van der Waals surface area contributed by atoms with Gasteiger partial charge >= 0.3 is 0 Å². The molecule has 4 heterocycles. The summed E-state index contributed by atoms with van der Waals surface area (Å²) in [5, 5.41) is 0. The zero-order valence-electron chi connectivity index (χ0n) is 12.2. The zero-order chi connectivity index (χ0) is 14.1. The lowest BCUT2D eigenvalue weighted by Crippen LogP contribution is -2.19. The van der Waals surface area contributed by atoms with Gasteiger partial charge in [-0.05, 0) is 48.8 Å². The van der Waals surface area contributed by atoms with E-state index in [1.54, 1.807) is 0 Å². The van der Waals surface area contributed by atoms with Crippen molar-refractivity contribution in [1.82, 2.24) is 14.5 Å². The minimum Gasteiger partial charge on any atom is -0.376 e. The van der Waals surface area contributed by atoms with Gasteiger partial charge in [0.2, 0.25) is 0 Å². The molecule has 2 unspecified atom stereocenters. The fraction of sp³-hybridized carbons (Fsp3) is 0.625. The van der Waals surface area contributed by atoms with E-state index in [0.29, 0.717) is 6.10 Å². The van der Waals surface area contributed by atoms with Crippen molar-refractivity contribution < 1.29 is 4.74 Å². The number of rotatable bonds is 4. The molecule has 0 spiro atoms. The molecule has 4 rings (SSSR count). The molecule has 0 radical (unpaired) electrons. The van der Waals surface area contributed by atoms with Crippen LogP contribution in [-0.4, -0.2) is 38.8 Å². The third-order valence-electron chi connectivity index (χ3n) is 4.49. The van der Waals surface area contributed by atoms with Crippen LogP contribution in [0.3, 0.4) is 0 Å². The molecule has 2 saturated heterocycles. The van der Waals surface area contributed by atoms with E-state index in [-0.39, 0.29) is 0 Å². The predicted octanol–water partition coefficient (Wildman–Crippen LogP) is 2.91. The summed E-state index contributed by atoms with van der Waals surface area (Å²) < 4.78 is 8.13. The minimum atomic E-state index is 0.334. The summed E-state index contributed by atoms with van der Waals surface area (Å²) in [4.78, 5) is 9.41. The van der Waals surface area contributed by atoms with Crippen LogP contribution in [0.15, 0.2) is 18.3 Å². The average molecular weight is 303 g/mol. The van der Waals surface area contributed by atoms with Gasteiger partial charge in [-0.2, -0.15) is 11.8 Å². The topological polar surface area (TPSA) is 39.9 Å². The summed E-state index contributed by atoms with van der Waals surface area (Å²) in [7, 11) is 0. The number of hydrogen-bond acceptors (Lipinski definition) is 4. The van der Waals surface area contributed by atoms with E-state index in [1.165, 1.54) is 30.2 Å².